The second-order valence-corrected chi connectivity index (χ2v) is 6.18. The Morgan fingerprint density at radius 2 is 2.44 bits per heavy atom. The van der Waals surface area contributed by atoms with Gasteiger partial charge >= 0.3 is 0 Å². The third kappa shape index (κ3) is 5.37. The summed E-state index contributed by atoms with van der Waals surface area (Å²) in [6.45, 7) is 5.03. The highest BCUT2D eigenvalue weighted by atomic mass is 32.2. The van der Waals surface area contributed by atoms with Gasteiger partial charge in [-0.2, -0.15) is 0 Å². The molecule has 1 aromatic heterocycles. The van der Waals surface area contributed by atoms with Crippen molar-refractivity contribution in [3.05, 3.63) is 6.20 Å². The van der Waals surface area contributed by atoms with E-state index in [2.05, 4.69) is 24.1 Å². The number of hydrogen-bond donors (Lipinski definition) is 2. The Morgan fingerprint density at radius 1 is 1.69 bits per heavy atom. The molecule has 0 bridgehead atoms. The standard InChI is InChI=1S/C10H17N3OS2/c1-7(2)3-4-12-8(14)6-15-9-5-13-10(11)16-9/h5,7H,3-4,6H2,1-2H3,(H2,11,13)(H,12,14). The number of rotatable bonds is 6. The molecule has 1 amide bonds. The number of aromatic nitrogens is 1. The maximum Gasteiger partial charge on any atom is 0.230 e. The number of carbonyl (C=O) groups excluding carboxylic acids is 1. The van der Waals surface area contributed by atoms with Crippen LogP contribution in [0.1, 0.15) is 20.3 Å². The first kappa shape index (κ1) is 13.3. The lowest BCUT2D eigenvalue weighted by Crippen LogP contribution is -2.26. The van der Waals surface area contributed by atoms with Gasteiger partial charge in [-0.25, -0.2) is 4.98 Å². The van der Waals surface area contributed by atoms with Crippen molar-refractivity contribution in [1.29, 1.82) is 0 Å². The summed E-state index contributed by atoms with van der Waals surface area (Å²) in [5.74, 6) is 1.12. The van der Waals surface area contributed by atoms with Gasteiger partial charge in [0.1, 0.15) is 0 Å². The molecule has 0 aliphatic rings. The molecule has 0 saturated heterocycles. The summed E-state index contributed by atoms with van der Waals surface area (Å²) in [4.78, 5) is 15.3. The lowest BCUT2D eigenvalue weighted by atomic mass is 10.1. The number of nitrogen functional groups attached to an aromatic ring is 1. The zero-order chi connectivity index (χ0) is 12.0. The number of hydrogen-bond acceptors (Lipinski definition) is 5. The Hall–Kier alpha value is -0.750. The predicted molar refractivity (Wildman–Crippen MR) is 69.7 cm³/mol. The Bertz CT molecular complexity index is 339. The van der Waals surface area contributed by atoms with E-state index in [4.69, 9.17) is 5.73 Å². The molecular weight excluding hydrogens is 242 g/mol. The smallest absolute Gasteiger partial charge is 0.230 e. The zero-order valence-electron chi connectivity index (χ0n) is 9.53. The number of thiazole rings is 1. The Balaban J connectivity index is 2.15. The first-order valence-corrected chi connectivity index (χ1v) is 6.99. The van der Waals surface area contributed by atoms with Gasteiger partial charge in [-0.15, -0.1) is 11.8 Å². The number of anilines is 1. The summed E-state index contributed by atoms with van der Waals surface area (Å²) in [7, 11) is 0. The van der Waals surface area contributed by atoms with Crippen LogP contribution in [0.15, 0.2) is 10.4 Å². The Labute approximate surface area is 104 Å². The normalized spacial score (nSPS) is 10.7. The first-order chi connectivity index (χ1) is 7.58. The molecule has 16 heavy (non-hydrogen) atoms. The van der Waals surface area contributed by atoms with Crippen molar-refractivity contribution in [2.45, 2.75) is 24.5 Å². The topological polar surface area (TPSA) is 68.0 Å². The quantitative estimate of drug-likeness (QED) is 0.767. The van der Waals surface area contributed by atoms with Gasteiger partial charge < -0.3 is 11.1 Å². The molecule has 90 valence electrons. The van der Waals surface area contributed by atoms with Crippen LogP contribution in [-0.4, -0.2) is 23.2 Å². The molecule has 0 atom stereocenters. The molecular formula is C10H17N3OS2. The van der Waals surface area contributed by atoms with Crippen LogP contribution in [0.5, 0.6) is 0 Å². The molecule has 1 rings (SSSR count). The lowest BCUT2D eigenvalue weighted by Gasteiger charge is -2.06. The van der Waals surface area contributed by atoms with Gasteiger partial charge in [0.05, 0.1) is 16.2 Å². The highest BCUT2D eigenvalue weighted by Gasteiger charge is 2.05. The summed E-state index contributed by atoms with van der Waals surface area (Å²) in [6.07, 6.45) is 2.72. The van der Waals surface area contributed by atoms with Crippen LogP contribution in [-0.2, 0) is 4.79 Å². The average Bonchev–Trinajstić information content (AvgIpc) is 2.61. The Kier molecular flexibility index (Phi) is 5.62. The van der Waals surface area contributed by atoms with Crippen LogP contribution < -0.4 is 11.1 Å². The number of thioether (sulfide) groups is 1. The largest absolute Gasteiger partial charge is 0.375 e. The van der Waals surface area contributed by atoms with Gasteiger partial charge in [-0.3, -0.25) is 4.79 Å². The van der Waals surface area contributed by atoms with E-state index >= 15 is 0 Å². The second-order valence-electron chi connectivity index (χ2n) is 3.84. The van der Waals surface area contributed by atoms with Gasteiger partial charge in [0.15, 0.2) is 5.13 Å². The van der Waals surface area contributed by atoms with Crippen LogP contribution in [0.2, 0.25) is 0 Å². The van der Waals surface area contributed by atoms with Gasteiger partial charge in [0, 0.05) is 6.54 Å². The van der Waals surface area contributed by atoms with Crippen LogP contribution in [0.4, 0.5) is 5.13 Å². The van der Waals surface area contributed by atoms with Crippen molar-refractivity contribution in [2.24, 2.45) is 5.92 Å². The highest BCUT2D eigenvalue weighted by Crippen LogP contribution is 2.25. The fourth-order valence-corrected chi connectivity index (χ4v) is 2.62. The number of amides is 1. The molecule has 3 N–H and O–H groups in total. The van der Waals surface area contributed by atoms with Crippen molar-refractivity contribution >= 4 is 34.1 Å². The van der Waals surface area contributed by atoms with E-state index in [-0.39, 0.29) is 5.91 Å². The van der Waals surface area contributed by atoms with Gasteiger partial charge in [-0.1, -0.05) is 25.2 Å². The molecule has 1 aromatic rings. The summed E-state index contributed by atoms with van der Waals surface area (Å²) < 4.78 is 0.983. The Morgan fingerprint density at radius 3 is 3.00 bits per heavy atom. The van der Waals surface area contributed by atoms with E-state index in [1.165, 1.54) is 23.1 Å². The summed E-state index contributed by atoms with van der Waals surface area (Å²) in [5.41, 5.74) is 5.49. The minimum Gasteiger partial charge on any atom is -0.375 e. The van der Waals surface area contributed by atoms with Crippen molar-refractivity contribution in [2.75, 3.05) is 18.0 Å². The molecule has 6 heteroatoms. The maximum atomic E-state index is 11.4. The minimum atomic E-state index is 0.0672. The van der Waals surface area contributed by atoms with E-state index in [0.29, 0.717) is 16.8 Å². The number of nitrogens with one attached hydrogen (secondary N) is 1. The maximum absolute atomic E-state index is 11.4. The zero-order valence-corrected chi connectivity index (χ0v) is 11.2. The molecule has 0 unspecified atom stereocenters. The third-order valence-corrected chi connectivity index (χ3v) is 3.91. The van der Waals surface area contributed by atoms with Crippen LogP contribution in [0.3, 0.4) is 0 Å². The van der Waals surface area contributed by atoms with Crippen LogP contribution >= 0.6 is 23.1 Å². The molecule has 1 heterocycles. The van der Waals surface area contributed by atoms with Gasteiger partial charge in [0.2, 0.25) is 5.91 Å². The van der Waals surface area contributed by atoms with E-state index in [1.807, 2.05) is 0 Å². The molecule has 0 aliphatic heterocycles. The van der Waals surface area contributed by atoms with Crippen molar-refractivity contribution < 1.29 is 4.79 Å². The average molecular weight is 259 g/mol. The minimum absolute atomic E-state index is 0.0672. The third-order valence-electron chi connectivity index (χ3n) is 1.89. The first-order valence-electron chi connectivity index (χ1n) is 5.18. The van der Waals surface area contributed by atoms with Crippen LogP contribution in [0, 0.1) is 5.92 Å². The number of nitrogens with two attached hydrogens (primary N) is 1. The lowest BCUT2D eigenvalue weighted by molar-refractivity contribution is -0.118. The second kappa shape index (κ2) is 6.75. The van der Waals surface area contributed by atoms with Gasteiger partial charge in [0.25, 0.3) is 0 Å². The molecule has 0 radical (unpaired) electrons. The van der Waals surface area contributed by atoms with Gasteiger partial charge in [-0.05, 0) is 12.3 Å². The van der Waals surface area contributed by atoms with Crippen LogP contribution in [0.25, 0.3) is 0 Å². The molecule has 0 aromatic carbocycles. The van der Waals surface area contributed by atoms with Crippen molar-refractivity contribution in [3.63, 3.8) is 0 Å². The summed E-state index contributed by atoms with van der Waals surface area (Å²) in [5, 5.41) is 3.43. The van der Waals surface area contributed by atoms with E-state index < -0.39 is 0 Å². The molecule has 0 saturated carbocycles. The van der Waals surface area contributed by atoms with E-state index in [1.54, 1.807) is 6.20 Å². The molecule has 0 fully saturated rings. The summed E-state index contributed by atoms with van der Waals surface area (Å²) >= 11 is 2.88. The number of carbonyl (C=O) groups is 1. The predicted octanol–water partition coefficient (Wildman–Crippen LogP) is 1.98. The molecule has 0 spiro atoms. The highest BCUT2D eigenvalue weighted by molar-refractivity contribution is 8.01. The molecule has 0 aliphatic carbocycles. The fourth-order valence-electron chi connectivity index (χ4n) is 1.03. The number of nitrogens with zero attached hydrogens (tertiary/aromatic N) is 1. The van der Waals surface area contributed by atoms with E-state index in [0.717, 1.165) is 17.2 Å². The fraction of sp³-hybridized carbons (Fsp3) is 0.600. The van der Waals surface area contributed by atoms with E-state index in [9.17, 15) is 4.79 Å². The van der Waals surface area contributed by atoms with Crippen molar-refractivity contribution in [1.82, 2.24) is 10.3 Å². The molecule has 4 nitrogen and oxygen atoms in total. The monoisotopic (exact) mass is 259 g/mol. The van der Waals surface area contributed by atoms with Crippen molar-refractivity contribution in [3.8, 4) is 0 Å². The summed E-state index contributed by atoms with van der Waals surface area (Å²) in [6, 6.07) is 0. The SMILES string of the molecule is CC(C)CCNC(=O)CSc1cnc(N)s1.